The van der Waals surface area contributed by atoms with Crippen LogP contribution >= 0.6 is 0 Å². The molecule has 43 valence electrons. The smallest absolute Gasteiger partial charge is 0.190 e. The zero-order valence-electron chi connectivity index (χ0n) is 4.60. The lowest BCUT2D eigenvalue weighted by Crippen LogP contribution is -2.16. The molecule has 0 aromatic rings. The van der Waals surface area contributed by atoms with E-state index in [1.54, 1.807) is 7.05 Å². The molecule has 0 aliphatic carbocycles. The molecule has 7 heavy (non-hydrogen) atoms. The van der Waals surface area contributed by atoms with Crippen LogP contribution in [0.2, 0.25) is 0 Å². The van der Waals surface area contributed by atoms with E-state index in [4.69, 9.17) is 0 Å². The van der Waals surface area contributed by atoms with E-state index < -0.39 is 6.29 Å². The Morgan fingerprint density at radius 2 is 2.43 bits per heavy atom. The topological polar surface area (TPSA) is 41.2 Å². The fourth-order valence-corrected chi connectivity index (χ4v) is 0.201. The summed E-state index contributed by atoms with van der Waals surface area (Å²) < 4.78 is 4.52. The van der Waals surface area contributed by atoms with Crippen LogP contribution in [0.4, 0.5) is 0 Å². The van der Waals surface area contributed by atoms with Crippen molar-refractivity contribution >= 4 is 0 Å². The molecule has 0 saturated carbocycles. The Labute approximate surface area is 43.3 Å². The molecule has 0 bridgehead atoms. The summed E-state index contributed by atoms with van der Waals surface area (Å²) in [4.78, 5) is 0. The van der Waals surface area contributed by atoms with Gasteiger partial charge in [0.25, 0.3) is 0 Å². The van der Waals surface area contributed by atoms with Crippen LogP contribution in [0.15, 0.2) is 0 Å². The minimum absolute atomic E-state index is 0.338. The first-order valence-electron chi connectivity index (χ1n) is 2.19. The van der Waals surface area contributed by atoms with Gasteiger partial charge in [0.2, 0.25) is 0 Å². The monoisotopic (exact) mass is 104 g/mol. The molecule has 0 saturated heterocycles. The van der Waals surface area contributed by atoms with Gasteiger partial charge in [-0.05, 0) is 14.0 Å². The number of ether oxygens (including phenoxy) is 1. The lowest BCUT2D eigenvalue weighted by atomic mass is 10.8. The second kappa shape index (κ2) is 4.05. The molecule has 1 N–H and O–H groups in total. The highest BCUT2D eigenvalue weighted by Gasteiger charge is 1.90. The predicted octanol–water partition coefficient (Wildman–Crippen LogP) is -0.0436. The minimum atomic E-state index is -0.910. The van der Waals surface area contributed by atoms with Gasteiger partial charge in [0, 0.05) is 0 Å². The summed E-state index contributed by atoms with van der Waals surface area (Å²) in [7, 11) is 1.72. The molecule has 0 aliphatic rings. The Bertz CT molecular complexity index is 38.7. The fourth-order valence-electron chi connectivity index (χ4n) is 0.201. The van der Waals surface area contributed by atoms with Crippen molar-refractivity contribution in [3.63, 3.8) is 0 Å². The van der Waals surface area contributed by atoms with Gasteiger partial charge in [-0.3, -0.25) is 5.32 Å². The second-order valence-corrected chi connectivity index (χ2v) is 1.23. The van der Waals surface area contributed by atoms with Gasteiger partial charge in [-0.1, -0.05) is 0 Å². The van der Waals surface area contributed by atoms with E-state index in [0.717, 1.165) is 0 Å². The third-order valence-corrected chi connectivity index (χ3v) is 0.462. The van der Waals surface area contributed by atoms with Gasteiger partial charge >= 0.3 is 0 Å². The van der Waals surface area contributed by atoms with Crippen molar-refractivity contribution in [1.29, 1.82) is 0 Å². The minimum Gasteiger partial charge on any atom is -0.335 e. The standard InChI is InChI=1S/C4H10NO2/c1-4(6)7-3-5-2/h4-5H,3H2,1-2H3. The second-order valence-electron chi connectivity index (χ2n) is 1.23. The Kier molecular flexibility index (Phi) is 3.98. The zero-order chi connectivity index (χ0) is 5.70. The van der Waals surface area contributed by atoms with Crippen molar-refractivity contribution in [1.82, 2.24) is 5.32 Å². The van der Waals surface area contributed by atoms with E-state index in [9.17, 15) is 5.11 Å². The molecule has 0 aromatic heterocycles. The Morgan fingerprint density at radius 1 is 1.86 bits per heavy atom. The average molecular weight is 104 g/mol. The Morgan fingerprint density at radius 3 is 2.57 bits per heavy atom. The van der Waals surface area contributed by atoms with Crippen LogP contribution in [0, 0.1) is 0 Å². The largest absolute Gasteiger partial charge is 0.335 e. The van der Waals surface area contributed by atoms with Crippen molar-refractivity contribution in [2.24, 2.45) is 0 Å². The maximum Gasteiger partial charge on any atom is 0.190 e. The normalized spacial score (nSPS) is 14.1. The van der Waals surface area contributed by atoms with Crippen LogP contribution in [0.3, 0.4) is 0 Å². The number of hydrogen-bond donors (Lipinski definition) is 1. The maximum atomic E-state index is 10.0. The Hall–Kier alpha value is -0.120. The molecule has 0 aromatic carbocycles. The van der Waals surface area contributed by atoms with Crippen molar-refractivity contribution in [2.75, 3.05) is 13.8 Å². The summed E-state index contributed by atoms with van der Waals surface area (Å²) in [6.45, 7) is 1.79. The maximum absolute atomic E-state index is 10.0. The van der Waals surface area contributed by atoms with E-state index in [1.165, 1.54) is 6.92 Å². The number of nitrogens with one attached hydrogen (secondary N) is 1. The van der Waals surface area contributed by atoms with Gasteiger partial charge in [0.1, 0.15) is 0 Å². The third-order valence-electron chi connectivity index (χ3n) is 0.462. The molecule has 0 heterocycles. The van der Waals surface area contributed by atoms with Crippen LogP contribution in [-0.4, -0.2) is 20.1 Å². The van der Waals surface area contributed by atoms with Gasteiger partial charge in [0.15, 0.2) is 6.29 Å². The van der Waals surface area contributed by atoms with Gasteiger partial charge in [-0.25, -0.2) is 5.11 Å². The summed E-state index contributed by atoms with van der Waals surface area (Å²) in [6.07, 6.45) is -0.910. The summed E-state index contributed by atoms with van der Waals surface area (Å²) >= 11 is 0. The lowest BCUT2D eigenvalue weighted by Gasteiger charge is -2.00. The van der Waals surface area contributed by atoms with Crippen molar-refractivity contribution in [3.05, 3.63) is 0 Å². The quantitative estimate of drug-likeness (QED) is 0.510. The molecule has 0 spiro atoms. The van der Waals surface area contributed by atoms with E-state index in [2.05, 4.69) is 10.1 Å². The number of rotatable bonds is 3. The van der Waals surface area contributed by atoms with Crippen molar-refractivity contribution < 1.29 is 9.84 Å². The molecule has 0 amide bonds. The average Bonchev–Trinajstić information content (AvgIpc) is 1.61. The molecule has 1 radical (unpaired) electrons. The summed E-state index contributed by atoms with van der Waals surface area (Å²) in [5.74, 6) is 0. The molecule has 1 unspecified atom stereocenters. The lowest BCUT2D eigenvalue weighted by molar-refractivity contribution is -0.130. The first-order valence-corrected chi connectivity index (χ1v) is 2.19. The van der Waals surface area contributed by atoms with Crippen LogP contribution in [-0.2, 0) is 9.84 Å². The van der Waals surface area contributed by atoms with E-state index >= 15 is 0 Å². The molecule has 0 aliphatic heterocycles. The summed E-state index contributed by atoms with van der Waals surface area (Å²) in [5, 5.41) is 12.7. The first-order chi connectivity index (χ1) is 3.27. The van der Waals surface area contributed by atoms with Gasteiger partial charge in [0.05, 0.1) is 6.73 Å². The third kappa shape index (κ3) is 5.88. The van der Waals surface area contributed by atoms with Crippen LogP contribution in [0.1, 0.15) is 6.92 Å². The molecule has 1 atom stereocenters. The van der Waals surface area contributed by atoms with Crippen molar-refractivity contribution in [2.45, 2.75) is 13.2 Å². The van der Waals surface area contributed by atoms with Gasteiger partial charge < -0.3 is 4.74 Å². The summed E-state index contributed by atoms with van der Waals surface area (Å²) in [5.41, 5.74) is 0. The molecule has 3 nitrogen and oxygen atoms in total. The molecular weight excluding hydrogens is 94.0 g/mol. The van der Waals surface area contributed by atoms with E-state index in [1.807, 2.05) is 0 Å². The van der Waals surface area contributed by atoms with Crippen LogP contribution < -0.4 is 5.32 Å². The molecule has 3 heteroatoms. The van der Waals surface area contributed by atoms with Crippen LogP contribution in [0.5, 0.6) is 0 Å². The Balaban J connectivity index is 2.68. The molecular formula is C4H10NO2. The highest BCUT2D eigenvalue weighted by atomic mass is 16.6. The summed E-state index contributed by atoms with van der Waals surface area (Å²) in [6, 6.07) is 0. The molecule has 0 fully saturated rings. The SMILES string of the molecule is CNCOC(C)[O]. The predicted molar refractivity (Wildman–Crippen MR) is 25.2 cm³/mol. The van der Waals surface area contributed by atoms with Gasteiger partial charge in [-0.15, -0.1) is 0 Å². The highest BCUT2D eigenvalue weighted by Crippen LogP contribution is 1.78. The van der Waals surface area contributed by atoms with E-state index in [-0.39, 0.29) is 0 Å². The number of hydrogen-bond acceptors (Lipinski definition) is 2. The fraction of sp³-hybridized carbons (Fsp3) is 1.00. The van der Waals surface area contributed by atoms with Crippen molar-refractivity contribution in [3.8, 4) is 0 Å². The van der Waals surface area contributed by atoms with Crippen LogP contribution in [0.25, 0.3) is 0 Å². The first kappa shape index (κ1) is 6.88. The zero-order valence-corrected chi connectivity index (χ0v) is 4.60. The van der Waals surface area contributed by atoms with E-state index in [0.29, 0.717) is 6.73 Å². The van der Waals surface area contributed by atoms with Gasteiger partial charge in [-0.2, -0.15) is 0 Å². The molecule has 0 rings (SSSR count). The highest BCUT2D eigenvalue weighted by molar-refractivity contribution is 4.20.